The van der Waals surface area contributed by atoms with Crippen molar-refractivity contribution in [3.05, 3.63) is 47.0 Å². The zero-order chi connectivity index (χ0) is 11.1. The standard InChI is InChI=1S/C14H14O2/c1-9-11-7-16-8-12(11)13(14(9)15)10-5-3-2-4-6-10/h2-6,12-13H,7-8H2,1H3/t12-,13+/m1/s1. The van der Waals surface area contributed by atoms with Gasteiger partial charge in [-0.15, -0.1) is 0 Å². The summed E-state index contributed by atoms with van der Waals surface area (Å²) in [5, 5.41) is 0. The molecule has 2 aliphatic rings. The number of carbonyl (C=O) groups excluding carboxylic acids is 1. The van der Waals surface area contributed by atoms with Crippen LogP contribution in [-0.2, 0) is 9.53 Å². The third kappa shape index (κ3) is 1.26. The lowest BCUT2D eigenvalue weighted by atomic mass is 9.86. The quantitative estimate of drug-likeness (QED) is 0.717. The number of allylic oxidation sites excluding steroid dienone is 1. The maximum Gasteiger partial charge on any atom is 0.166 e. The lowest BCUT2D eigenvalue weighted by Crippen LogP contribution is -2.16. The van der Waals surface area contributed by atoms with Crippen LogP contribution in [-0.4, -0.2) is 19.0 Å². The van der Waals surface area contributed by atoms with Crippen LogP contribution in [0.15, 0.2) is 41.5 Å². The lowest BCUT2D eigenvalue weighted by Gasteiger charge is -2.15. The summed E-state index contributed by atoms with van der Waals surface area (Å²) in [5.41, 5.74) is 3.27. The van der Waals surface area contributed by atoms with Gasteiger partial charge in [-0.3, -0.25) is 4.79 Å². The van der Waals surface area contributed by atoms with Gasteiger partial charge in [-0.1, -0.05) is 30.3 Å². The second kappa shape index (κ2) is 3.56. The van der Waals surface area contributed by atoms with E-state index >= 15 is 0 Å². The maximum atomic E-state index is 12.2. The number of ketones is 1. The highest BCUT2D eigenvalue weighted by Crippen LogP contribution is 2.43. The first-order chi connectivity index (χ1) is 7.79. The van der Waals surface area contributed by atoms with E-state index < -0.39 is 0 Å². The largest absolute Gasteiger partial charge is 0.376 e. The molecule has 0 aromatic heterocycles. The zero-order valence-electron chi connectivity index (χ0n) is 9.27. The van der Waals surface area contributed by atoms with E-state index in [1.54, 1.807) is 0 Å². The van der Waals surface area contributed by atoms with Crippen LogP contribution in [0.25, 0.3) is 0 Å². The molecule has 2 heteroatoms. The summed E-state index contributed by atoms with van der Waals surface area (Å²) in [6, 6.07) is 10.0. The van der Waals surface area contributed by atoms with Gasteiger partial charge in [0, 0.05) is 5.92 Å². The van der Waals surface area contributed by atoms with Gasteiger partial charge in [0.25, 0.3) is 0 Å². The number of Topliss-reactive ketones (excluding diaryl/α,β-unsaturated/α-hetero) is 1. The van der Waals surface area contributed by atoms with Crippen LogP contribution in [0, 0.1) is 5.92 Å². The number of ether oxygens (including phenoxy) is 1. The number of benzene rings is 1. The summed E-state index contributed by atoms with van der Waals surface area (Å²) in [7, 11) is 0. The minimum absolute atomic E-state index is 0.00120. The van der Waals surface area contributed by atoms with Gasteiger partial charge in [0.05, 0.1) is 19.1 Å². The molecule has 2 atom stereocenters. The van der Waals surface area contributed by atoms with Gasteiger partial charge in [0.15, 0.2) is 5.78 Å². The number of carbonyl (C=O) groups is 1. The molecule has 0 unspecified atom stereocenters. The summed E-state index contributed by atoms with van der Waals surface area (Å²) < 4.78 is 5.47. The SMILES string of the molecule is CC1=C2COC[C@H]2[C@H](c2ccccc2)C1=O. The minimum atomic E-state index is -0.00120. The maximum absolute atomic E-state index is 12.2. The normalized spacial score (nSPS) is 28.7. The van der Waals surface area contributed by atoms with Gasteiger partial charge in [-0.25, -0.2) is 0 Å². The second-order valence-corrected chi connectivity index (χ2v) is 4.52. The van der Waals surface area contributed by atoms with Crippen molar-refractivity contribution in [2.75, 3.05) is 13.2 Å². The van der Waals surface area contributed by atoms with Crippen molar-refractivity contribution in [1.82, 2.24) is 0 Å². The van der Waals surface area contributed by atoms with E-state index in [-0.39, 0.29) is 17.6 Å². The Morgan fingerprint density at radius 1 is 1.25 bits per heavy atom. The molecule has 2 nitrogen and oxygen atoms in total. The van der Waals surface area contributed by atoms with E-state index in [0.29, 0.717) is 13.2 Å². The highest BCUT2D eigenvalue weighted by Gasteiger charge is 2.43. The van der Waals surface area contributed by atoms with E-state index in [1.807, 2.05) is 37.3 Å². The first-order valence-corrected chi connectivity index (χ1v) is 5.65. The third-order valence-corrected chi connectivity index (χ3v) is 3.70. The van der Waals surface area contributed by atoms with Crippen LogP contribution in [0.1, 0.15) is 18.4 Å². The molecule has 0 saturated carbocycles. The van der Waals surface area contributed by atoms with Crippen molar-refractivity contribution in [2.45, 2.75) is 12.8 Å². The Hall–Kier alpha value is -1.41. The first-order valence-electron chi connectivity index (χ1n) is 5.65. The fourth-order valence-corrected chi connectivity index (χ4v) is 2.81. The summed E-state index contributed by atoms with van der Waals surface area (Å²) in [4.78, 5) is 12.2. The monoisotopic (exact) mass is 214 g/mol. The fraction of sp³-hybridized carbons (Fsp3) is 0.357. The molecule has 16 heavy (non-hydrogen) atoms. The van der Waals surface area contributed by atoms with Crippen molar-refractivity contribution in [1.29, 1.82) is 0 Å². The Balaban J connectivity index is 2.03. The highest BCUT2D eigenvalue weighted by atomic mass is 16.5. The fourth-order valence-electron chi connectivity index (χ4n) is 2.81. The Bertz CT molecular complexity index is 459. The Morgan fingerprint density at radius 2 is 2.00 bits per heavy atom. The summed E-state index contributed by atoms with van der Waals surface area (Å²) in [5.74, 6) is 0.572. The third-order valence-electron chi connectivity index (χ3n) is 3.70. The van der Waals surface area contributed by atoms with E-state index in [0.717, 1.165) is 11.1 Å². The van der Waals surface area contributed by atoms with Gasteiger partial charge in [0.1, 0.15) is 0 Å². The molecule has 1 saturated heterocycles. The molecule has 1 aliphatic heterocycles. The molecular weight excluding hydrogens is 200 g/mol. The van der Waals surface area contributed by atoms with Crippen LogP contribution in [0.5, 0.6) is 0 Å². The van der Waals surface area contributed by atoms with Crippen molar-refractivity contribution in [2.24, 2.45) is 5.92 Å². The summed E-state index contributed by atoms with van der Waals surface area (Å²) in [6.07, 6.45) is 0. The number of hydrogen-bond donors (Lipinski definition) is 0. The van der Waals surface area contributed by atoms with Gasteiger partial charge in [0.2, 0.25) is 0 Å². The Kier molecular flexibility index (Phi) is 2.18. The van der Waals surface area contributed by atoms with E-state index in [2.05, 4.69) is 0 Å². The predicted octanol–water partition coefficient (Wildman–Crippen LogP) is 2.32. The Labute approximate surface area is 94.9 Å². The van der Waals surface area contributed by atoms with Gasteiger partial charge in [-0.2, -0.15) is 0 Å². The first kappa shape index (κ1) is 9.79. The molecule has 1 fully saturated rings. The van der Waals surface area contributed by atoms with Crippen LogP contribution in [0.2, 0.25) is 0 Å². The molecular formula is C14H14O2. The smallest absolute Gasteiger partial charge is 0.166 e. The molecule has 0 amide bonds. The number of hydrogen-bond acceptors (Lipinski definition) is 2. The van der Waals surface area contributed by atoms with E-state index in [9.17, 15) is 4.79 Å². The number of fused-ring (bicyclic) bond motifs is 1. The van der Waals surface area contributed by atoms with Crippen molar-refractivity contribution in [3.8, 4) is 0 Å². The van der Waals surface area contributed by atoms with Crippen LogP contribution < -0.4 is 0 Å². The van der Waals surface area contributed by atoms with E-state index in [1.165, 1.54) is 5.57 Å². The molecule has 3 rings (SSSR count). The zero-order valence-corrected chi connectivity index (χ0v) is 9.27. The highest BCUT2D eigenvalue weighted by molar-refractivity contribution is 6.04. The molecule has 0 bridgehead atoms. The minimum Gasteiger partial charge on any atom is -0.376 e. The van der Waals surface area contributed by atoms with Crippen LogP contribution in [0.4, 0.5) is 0 Å². The van der Waals surface area contributed by atoms with Crippen molar-refractivity contribution >= 4 is 5.78 Å². The Morgan fingerprint density at radius 3 is 2.75 bits per heavy atom. The van der Waals surface area contributed by atoms with Crippen LogP contribution >= 0.6 is 0 Å². The molecule has 82 valence electrons. The van der Waals surface area contributed by atoms with Crippen molar-refractivity contribution in [3.63, 3.8) is 0 Å². The summed E-state index contributed by atoms with van der Waals surface area (Å²) >= 11 is 0. The molecule has 0 spiro atoms. The average Bonchev–Trinajstić information content (AvgIpc) is 2.86. The van der Waals surface area contributed by atoms with Gasteiger partial charge in [-0.05, 0) is 23.6 Å². The summed E-state index contributed by atoms with van der Waals surface area (Å²) in [6.45, 7) is 3.27. The average molecular weight is 214 g/mol. The molecule has 1 heterocycles. The molecule has 1 aromatic rings. The van der Waals surface area contributed by atoms with Crippen molar-refractivity contribution < 1.29 is 9.53 Å². The van der Waals surface area contributed by atoms with Gasteiger partial charge < -0.3 is 4.74 Å². The van der Waals surface area contributed by atoms with Crippen LogP contribution in [0.3, 0.4) is 0 Å². The second-order valence-electron chi connectivity index (χ2n) is 4.52. The molecule has 1 aliphatic carbocycles. The van der Waals surface area contributed by atoms with Gasteiger partial charge >= 0.3 is 0 Å². The molecule has 1 aromatic carbocycles. The number of rotatable bonds is 1. The topological polar surface area (TPSA) is 26.3 Å². The molecule has 0 radical (unpaired) electrons. The predicted molar refractivity (Wildman–Crippen MR) is 61.2 cm³/mol. The van der Waals surface area contributed by atoms with E-state index in [4.69, 9.17) is 4.74 Å². The lowest BCUT2D eigenvalue weighted by molar-refractivity contribution is -0.117. The molecule has 0 N–H and O–H groups in total.